The molecule has 0 aliphatic heterocycles. The fraction of sp³-hybridized carbons (Fsp3) is 0.0889. The summed E-state index contributed by atoms with van der Waals surface area (Å²) in [7, 11) is 0. The second-order valence-corrected chi connectivity index (χ2v) is 24.7. The average Bonchev–Trinajstić information content (AvgIpc) is 0.829. The molecule has 15 aromatic carbocycles. The maximum Gasteiger partial charge on any atom is 0.0491 e. The van der Waals surface area contributed by atoms with Crippen molar-refractivity contribution >= 4 is 86.7 Å². The summed E-state index contributed by atoms with van der Waals surface area (Å²) in [5.74, 6) is 0. The molecule has 0 aliphatic carbocycles. The topological polar surface area (TPSA) is 9.86 Å². The number of fused-ring (bicyclic) bond motifs is 10. The van der Waals surface area contributed by atoms with Gasteiger partial charge in [0, 0.05) is 56.7 Å². The number of benzene rings is 15. The maximum absolute atomic E-state index is 2.50. The molecule has 2 nitrogen and oxygen atoms in total. The zero-order chi connectivity index (χ0) is 61.5. The van der Waals surface area contributed by atoms with Crippen LogP contribution in [-0.4, -0.2) is 9.13 Å². The zero-order valence-electron chi connectivity index (χ0n) is 52.2. The molecule has 0 spiro atoms. The van der Waals surface area contributed by atoms with E-state index >= 15 is 0 Å². The van der Waals surface area contributed by atoms with Crippen LogP contribution in [-0.2, 0) is 13.1 Å². The van der Waals surface area contributed by atoms with Crippen molar-refractivity contribution in [2.45, 2.75) is 52.6 Å². The molecule has 2 aromatic heterocycles. The van der Waals surface area contributed by atoms with Crippen molar-refractivity contribution in [3.8, 4) is 77.9 Å². The van der Waals surface area contributed by atoms with Crippen LogP contribution in [0.25, 0.3) is 165 Å². The molecule has 2 heterocycles. The van der Waals surface area contributed by atoms with Gasteiger partial charge in [0.2, 0.25) is 0 Å². The molecule has 0 amide bonds. The number of aryl methyl sites for hydroxylation is 2. The predicted octanol–water partition coefficient (Wildman–Crippen LogP) is 25.5. The van der Waals surface area contributed by atoms with E-state index in [2.05, 4.69) is 338 Å². The first-order valence-corrected chi connectivity index (χ1v) is 32.9. The molecule has 0 radical (unpaired) electrons. The Hall–Kier alpha value is -11.1. The van der Waals surface area contributed by atoms with Crippen LogP contribution in [0.2, 0.25) is 0 Å². The smallest absolute Gasteiger partial charge is 0.0491 e. The van der Waals surface area contributed by atoms with Gasteiger partial charge in [-0.15, -0.1) is 0 Å². The molecule has 2 heteroatoms. The summed E-state index contributed by atoms with van der Waals surface area (Å²) in [5, 5.41) is 15.6. The first-order valence-electron chi connectivity index (χ1n) is 32.9. The third-order valence-electron chi connectivity index (χ3n) is 19.2. The van der Waals surface area contributed by atoms with Crippen molar-refractivity contribution in [1.82, 2.24) is 9.13 Å². The minimum atomic E-state index is 1.05. The van der Waals surface area contributed by atoms with Crippen molar-refractivity contribution in [3.05, 3.63) is 315 Å². The normalized spacial score (nSPS) is 11.6. The molecule has 0 saturated carbocycles. The largest absolute Gasteiger partial charge is 0.340 e. The van der Waals surface area contributed by atoms with Gasteiger partial charge < -0.3 is 9.13 Å². The number of hydrogen-bond donors (Lipinski definition) is 0. The lowest BCUT2D eigenvalue weighted by atomic mass is 9.85. The fourth-order valence-corrected chi connectivity index (χ4v) is 14.8. The molecule has 17 aromatic rings. The van der Waals surface area contributed by atoms with Gasteiger partial charge in [0.15, 0.2) is 0 Å². The molecule has 0 saturated heterocycles. The molecule has 0 unspecified atom stereocenters. The van der Waals surface area contributed by atoms with Gasteiger partial charge in [-0.05, 0) is 170 Å². The summed E-state index contributed by atoms with van der Waals surface area (Å²) < 4.78 is 4.99. The van der Waals surface area contributed by atoms with Gasteiger partial charge in [-0.25, -0.2) is 0 Å². The minimum Gasteiger partial charge on any atom is -0.340 e. The molecule has 0 atom stereocenters. The number of nitrogens with zero attached hydrogens (tertiary/aromatic N) is 2. The Morgan fingerprint density at radius 3 is 0.717 bits per heavy atom. The highest BCUT2D eigenvalue weighted by Gasteiger charge is 2.20. The summed E-state index contributed by atoms with van der Waals surface area (Å²) in [4.78, 5) is 0. The van der Waals surface area contributed by atoms with E-state index in [1.807, 2.05) is 0 Å². The maximum atomic E-state index is 2.50. The predicted molar refractivity (Wildman–Crippen MR) is 397 cm³/mol. The minimum absolute atomic E-state index is 1.05. The lowest BCUT2D eigenvalue weighted by Crippen LogP contribution is -1.96. The summed E-state index contributed by atoms with van der Waals surface area (Å²) in [6.07, 6.45) is 4.75. The van der Waals surface area contributed by atoms with Crippen LogP contribution >= 0.6 is 0 Å². The molecule has 17 rings (SSSR count). The highest BCUT2D eigenvalue weighted by Crippen LogP contribution is 2.47. The Kier molecular flexibility index (Phi) is 14.9. The number of unbranched alkanes of at least 4 members (excludes halogenated alkanes) is 2. The fourth-order valence-electron chi connectivity index (χ4n) is 14.8. The van der Waals surface area contributed by atoms with E-state index in [0.29, 0.717) is 0 Å². The van der Waals surface area contributed by atoms with Crippen LogP contribution in [0.1, 0.15) is 39.5 Å². The number of para-hydroxylation sites is 2. The van der Waals surface area contributed by atoms with Gasteiger partial charge in [0.25, 0.3) is 0 Å². The van der Waals surface area contributed by atoms with Gasteiger partial charge in [0.05, 0.1) is 0 Å². The third kappa shape index (κ3) is 10.0. The van der Waals surface area contributed by atoms with Gasteiger partial charge in [0.1, 0.15) is 0 Å². The second-order valence-electron chi connectivity index (χ2n) is 24.7. The Morgan fingerprint density at radius 2 is 0.402 bits per heavy atom. The van der Waals surface area contributed by atoms with Gasteiger partial charge in [-0.3, -0.25) is 0 Å². The van der Waals surface area contributed by atoms with Crippen molar-refractivity contribution in [2.24, 2.45) is 0 Å². The van der Waals surface area contributed by atoms with Crippen molar-refractivity contribution in [1.29, 1.82) is 0 Å². The van der Waals surface area contributed by atoms with Crippen LogP contribution in [0.15, 0.2) is 315 Å². The Balaban J connectivity index is 0.000000148. The SMILES string of the molecule is CCCCn1c2ccccc2c2cc(-c3ccc(-c4c5ccccc5c(-c5ccc(-c6ccccc6)cc5)c5ccccc45)cc3)ccc21.CCCCn1c2ccccc2c2cc(-c3ccc(-c4c5ccccc5c(-c5ccccc5)c5ccccc45)cc3)ccc21. The van der Waals surface area contributed by atoms with E-state index in [9.17, 15) is 0 Å². The van der Waals surface area contributed by atoms with E-state index in [1.165, 1.54) is 190 Å². The van der Waals surface area contributed by atoms with Gasteiger partial charge in [-0.2, -0.15) is 0 Å². The summed E-state index contributed by atoms with van der Waals surface area (Å²) in [6.45, 7) is 6.63. The Morgan fingerprint density at radius 1 is 0.185 bits per heavy atom. The quantitative estimate of drug-likeness (QED) is 0.102. The van der Waals surface area contributed by atoms with Crippen molar-refractivity contribution in [2.75, 3.05) is 0 Å². The van der Waals surface area contributed by atoms with Crippen LogP contribution in [0.5, 0.6) is 0 Å². The summed E-state index contributed by atoms with van der Waals surface area (Å²) in [5.41, 5.74) is 22.9. The standard InChI is InChI=1S/C48H37N.C42H33N/c1-2-3-31-49-45-20-12-11-15-39(45)44-32-38(29-30-46(44)49)35-23-27-37(28-24-35)48-42-18-9-7-16-40(42)47(41-17-8-10-19-43(41)48)36-25-21-34(22-26-36)33-13-5-4-6-14-33;1-2-3-27-43-39-20-12-11-15-33(39)38-28-32(25-26-40(38)43)29-21-23-31(24-22-29)42-36-18-9-7-16-34(36)41(30-13-5-4-6-14-30)35-17-8-10-19-37(35)42/h4-30,32H,2-3,31H2,1H3;4-26,28H,2-3,27H2,1H3. The van der Waals surface area contributed by atoms with Crippen LogP contribution in [0.3, 0.4) is 0 Å². The van der Waals surface area contributed by atoms with E-state index in [-0.39, 0.29) is 0 Å². The molecule has 440 valence electrons. The molecule has 0 bridgehead atoms. The van der Waals surface area contributed by atoms with E-state index in [1.54, 1.807) is 0 Å². The average molecular weight is 1180 g/mol. The van der Waals surface area contributed by atoms with Crippen molar-refractivity contribution in [3.63, 3.8) is 0 Å². The molecule has 0 N–H and O–H groups in total. The highest BCUT2D eigenvalue weighted by atomic mass is 15.0. The first-order chi connectivity index (χ1) is 45.6. The number of aromatic nitrogens is 2. The van der Waals surface area contributed by atoms with E-state index < -0.39 is 0 Å². The first kappa shape index (κ1) is 56.2. The lowest BCUT2D eigenvalue weighted by molar-refractivity contribution is 0.665. The molecule has 0 aliphatic rings. The monoisotopic (exact) mass is 1180 g/mol. The molecule has 0 fully saturated rings. The highest BCUT2D eigenvalue weighted by molar-refractivity contribution is 6.23. The third-order valence-corrected chi connectivity index (χ3v) is 19.2. The van der Waals surface area contributed by atoms with Gasteiger partial charge in [-0.1, -0.05) is 306 Å². The summed E-state index contributed by atoms with van der Waals surface area (Å²) >= 11 is 0. The molecule has 92 heavy (non-hydrogen) atoms. The lowest BCUT2D eigenvalue weighted by Gasteiger charge is -2.18. The van der Waals surface area contributed by atoms with E-state index in [0.717, 1.165) is 13.1 Å². The number of hydrogen-bond acceptors (Lipinski definition) is 0. The van der Waals surface area contributed by atoms with Crippen LogP contribution < -0.4 is 0 Å². The summed E-state index contributed by atoms with van der Waals surface area (Å²) in [6, 6.07) is 116. The van der Waals surface area contributed by atoms with Crippen molar-refractivity contribution < 1.29 is 0 Å². The number of rotatable bonds is 13. The second kappa shape index (κ2) is 24.4. The Bertz CT molecular complexity index is 5440. The Labute approximate surface area is 538 Å². The molecular formula is C90H70N2. The van der Waals surface area contributed by atoms with Gasteiger partial charge >= 0.3 is 0 Å². The van der Waals surface area contributed by atoms with Crippen LogP contribution in [0.4, 0.5) is 0 Å². The van der Waals surface area contributed by atoms with E-state index in [4.69, 9.17) is 0 Å². The molecular weight excluding hydrogens is 1110 g/mol. The van der Waals surface area contributed by atoms with Crippen LogP contribution in [0, 0.1) is 0 Å². The zero-order valence-corrected chi connectivity index (χ0v) is 52.2.